The number of rotatable bonds is 11. The van der Waals surface area contributed by atoms with Gasteiger partial charge in [-0.1, -0.05) is 41.9 Å². The number of halogens is 2. The molecule has 11 heteroatoms. The number of hydrogen-bond acceptors (Lipinski definition) is 7. The fourth-order valence-corrected chi connectivity index (χ4v) is 5.40. The Morgan fingerprint density at radius 3 is 2.42 bits per heavy atom. The van der Waals surface area contributed by atoms with Crippen LogP contribution in [0.25, 0.3) is 22.0 Å². The maximum atomic E-state index is 13.4. The van der Waals surface area contributed by atoms with Gasteiger partial charge in [0, 0.05) is 26.0 Å². The van der Waals surface area contributed by atoms with E-state index in [9.17, 15) is 9.59 Å². The van der Waals surface area contributed by atoms with Gasteiger partial charge in [-0.25, -0.2) is 10.2 Å². The van der Waals surface area contributed by atoms with E-state index in [1.54, 1.807) is 42.5 Å². The van der Waals surface area contributed by atoms with E-state index >= 15 is 0 Å². The number of aromatic nitrogens is 1. The van der Waals surface area contributed by atoms with E-state index < -0.39 is 11.9 Å². The summed E-state index contributed by atoms with van der Waals surface area (Å²) in [4.78, 5) is 29.5. The average Bonchev–Trinajstić information content (AvgIpc) is 3.44. The predicted molar refractivity (Wildman–Crippen MR) is 178 cm³/mol. The molecule has 1 heterocycles. The van der Waals surface area contributed by atoms with Crippen LogP contribution in [-0.4, -0.2) is 43.4 Å². The Labute approximate surface area is 273 Å². The van der Waals surface area contributed by atoms with Crippen molar-refractivity contribution in [3.8, 4) is 34.1 Å². The maximum Gasteiger partial charge on any atom is 0.343 e. The van der Waals surface area contributed by atoms with Gasteiger partial charge in [0.05, 0.1) is 37.6 Å². The van der Waals surface area contributed by atoms with Crippen LogP contribution >= 0.6 is 27.5 Å². The SMILES string of the molecule is CCOc1ccc(C(=O)Oc2ccc(C=NNC(=O)c3[nH]c4c(Br)cccc4c3-c3ccccc3Cl)cc2OC)cc1OCC. The second-order valence-corrected chi connectivity index (χ2v) is 10.8. The Balaban J connectivity index is 1.34. The number of para-hydroxylation sites is 1. The Morgan fingerprint density at radius 2 is 1.67 bits per heavy atom. The highest BCUT2D eigenvalue weighted by Gasteiger charge is 2.22. The molecule has 5 aromatic rings. The Morgan fingerprint density at radius 1 is 0.911 bits per heavy atom. The van der Waals surface area contributed by atoms with Crippen molar-refractivity contribution in [3.63, 3.8) is 0 Å². The van der Waals surface area contributed by atoms with Crippen molar-refractivity contribution in [2.24, 2.45) is 5.10 Å². The van der Waals surface area contributed by atoms with E-state index in [1.807, 2.05) is 50.2 Å². The molecular weight excluding hydrogens is 662 g/mol. The number of fused-ring (bicyclic) bond motifs is 1. The lowest BCUT2D eigenvalue weighted by Crippen LogP contribution is -2.19. The lowest BCUT2D eigenvalue weighted by molar-refractivity contribution is 0.0728. The van der Waals surface area contributed by atoms with Crippen LogP contribution in [0, 0.1) is 0 Å². The van der Waals surface area contributed by atoms with Gasteiger partial charge < -0.3 is 23.9 Å². The van der Waals surface area contributed by atoms with E-state index in [2.05, 4.69) is 31.4 Å². The normalized spacial score (nSPS) is 11.0. The van der Waals surface area contributed by atoms with Crippen molar-refractivity contribution in [2.75, 3.05) is 20.3 Å². The molecule has 0 aliphatic rings. The van der Waals surface area contributed by atoms with Gasteiger partial charge in [-0.15, -0.1) is 0 Å². The average molecular weight is 691 g/mol. The molecule has 0 saturated carbocycles. The minimum atomic E-state index is -0.592. The molecule has 1 aromatic heterocycles. The molecule has 45 heavy (non-hydrogen) atoms. The van der Waals surface area contributed by atoms with Crippen molar-refractivity contribution in [1.29, 1.82) is 0 Å². The van der Waals surface area contributed by atoms with Gasteiger partial charge in [0.15, 0.2) is 23.0 Å². The van der Waals surface area contributed by atoms with Gasteiger partial charge in [0.25, 0.3) is 5.91 Å². The second kappa shape index (κ2) is 14.3. The molecule has 0 atom stereocenters. The summed E-state index contributed by atoms with van der Waals surface area (Å²) in [5.41, 5.74) is 5.92. The number of methoxy groups -OCH3 is 1. The van der Waals surface area contributed by atoms with Crippen LogP contribution in [0.1, 0.15) is 40.3 Å². The first-order chi connectivity index (χ1) is 21.8. The minimum Gasteiger partial charge on any atom is -0.493 e. The number of aromatic amines is 1. The fraction of sp³-hybridized carbons (Fsp3) is 0.147. The van der Waals surface area contributed by atoms with E-state index in [0.29, 0.717) is 57.9 Å². The molecule has 0 aliphatic heterocycles. The number of esters is 1. The number of carbonyl (C=O) groups excluding carboxylic acids is 2. The van der Waals surface area contributed by atoms with Gasteiger partial charge in [-0.05, 0) is 83.9 Å². The zero-order valence-electron chi connectivity index (χ0n) is 24.6. The second-order valence-electron chi connectivity index (χ2n) is 9.54. The summed E-state index contributed by atoms with van der Waals surface area (Å²) in [5.74, 6) is 0.462. The van der Waals surface area contributed by atoms with Gasteiger partial charge in [-0.2, -0.15) is 5.10 Å². The number of hydrazone groups is 1. The molecule has 4 aromatic carbocycles. The molecule has 0 fully saturated rings. The minimum absolute atomic E-state index is 0.212. The number of H-pyrrole nitrogens is 1. The molecule has 230 valence electrons. The number of nitrogens with one attached hydrogen (secondary N) is 2. The third kappa shape index (κ3) is 6.97. The van der Waals surface area contributed by atoms with Gasteiger partial charge in [0.1, 0.15) is 5.69 Å². The first kappa shape index (κ1) is 31.6. The standard InChI is InChI=1S/C34H29BrClN3O6/c1-4-43-26-16-14-21(18-29(26)44-5-2)34(41)45-27-15-13-20(17-28(27)42-3)19-37-39-33(40)32-30(22-9-6-7-12-25(22)36)23-10-8-11-24(35)31(23)38-32/h6-19,38H,4-5H2,1-3H3,(H,39,40). The lowest BCUT2D eigenvalue weighted by Gasteiger charge is -2.13. The third-order valence-corrected chi connectivity index (χ3v) is 7.69. The van der Waals surface area contributed by atoms with Crippen molar-refractivity contribution in [3.05, 3.63) is 105 Å². The number of amides is 1. The van der Waals surface area contributed by atoms with E-state index in [1.165, 1.54) is 13.3 Å². The zero-order chi connectivity index (χ0) is 31.9. The molecule has 0 saturated heterocycles. The summed E-state index contributed by atoms with van der Waals surface area (Å²) in [6.07, 6.45) is 1.46. The molecule has 9 nitrogen and oxygen atoms in total. The maximum absolute atomic E-state index is 13.4. The highest BCUT2D eigenvalue weighted by atomic mass is 79.9. The number of carbonyl (C=O) groups is 2. The van der Waals surface area contributed by atoms with Crippen molar-refractivity contribution in [1.82, 2.24) is 10.4 Å². The predicted octanol–water partition coefficient (Wildman–Crippen LogP) is 8.04. The van der Waals surface area contributed by atoms with Crippen molar-refractivity contribution < 1.29 is 28.5 Å². The van der Waals surface area contributed by atoms with E-state index in [0.717, 1.165) is 15.4 Å². The van der Waals surface area contributed by atoms with E-state index in [-0.39, 0.29) is 11.3 Å². The Hall–Kier alpha value is -4.80. The summed E-state index contributed by atoms with van der Waals surface area (Å²) in [6.45, 7) is 4.59. The molecule has 0 radical (unpaired) electrons. The summed E-state index contributed by atoms with van der Waals surface area (Å²) in [7, 11) is 1.46. The first-order valence-electron chi connectivity index (χ1n) is 14.0. The third-order valence-electron chi connectivity index (χ3n) is 6.70. The van der Waals surface area contributed by atoms with E-state index in [4.69, 9.17) is 30.5 Å². The molecule has 0 spiro atoms. The van der Waals surface area contributed by atoms with Crippen LogP contribution < -0.4 is 24.4 Å². The first-order valence-corrected chi connectivity index (χ1v) is 15.2. The van der Waals surface area contributed by atoms with Gasteiger partial charge in [0.2, 0.25) is 0 Å². The summed E-state index contributed by atoms with van der Waals surface area (Å²) in [5, 5.41) is 5.50. The molecular formula is C34H29BrClN3O6. The Bertz CT molecular complexity index is 1900. The largest absolute Gasteiger partial charge is 0.493 e. The topological polar surface area (TPSA) is 111 Å². The molecule has 5 rings (SSSR count). The van der Waals surface area contributed by atoms with Gasteiger partial charge >= 0.3 is 5.97 Å². The highest BCUT2D eigenvalue weighted by Crippen LogP contribution is 2.39. The fourth-order valence-electron chi connectivity index (χ4n) is 4.70. The van der Waals surface area contributed by atoms with Crippen LogP contribution in [-0.2, 0) is 0 Å². The molecule has 0 bridgehead atoms. The molecule has 0 unspecified atom stereocenters. The van der Waals surface area contributed by atoms with Gasteiger partial charge in [-0.3, -0.25) is 4.79 Å². The number of benzene rings is 4. The van der Waals surface area contributed by atoms with Crippen LogP contribution in [0.5, 0.6) is 23.0 Å². The van der Waals surface area contributed by atoms with Crippen LogP contribution in [0.2, 0.25) is 5.02 Å². The van der Waals surface area contributed by atoms with Crippen molar-refractivity contribution >= 4 is 56.5 Å². The zero-order valence-corrected chi connectivity index (χ0v) is 27.0. The van der Waals surface area contributed by atoms with Crippen LogP contribution in [0.15, 0.2) is 88.4 Å². The van der Waals surface area contributed by atoms with Crippen LogP contribution in [0.4, 0.5) is 0 Å². The molecule has 2 N–H and O–H groups in total. The number of ether oxygens (including phenoxy) is 4. The van der Waals surface area contributed by atoms with Crippen LogP contribution in [0.3, 0.4) is 0 Å². The monoisotopic (exact) mass is 689 g/mol. The van der Waals surface area contributed by atoms with Crippen molar-refractivity contribution in [2.45, 2.75) is 13.8 Å². The Kier molecular flexibility index (Phi) is 10.1. The summed E-state index contributed by atoms with van der Waals surface area (Å²) >= 11 is 10.1. The number of nitrogens with zero attached hydrogens (tertiary/aromatic N) is 1. The summed E-state index contributed by atoms with van der Waals surface area (Å²) in [6, 6.07) is 22.8. The summed E-state index contributed by atoms with van der Waals surface area (Å²) < 4.78 is 23.1. The molecule has 1 amide bonds. The quantitative estimate of drug-likeness (QED) is 0.0628. The highest BCUT2D eigenvalue weighted by molar-refractivity contribution is 9.10. The smallest absolute Gasteiger partial charge is 0.343 e. The lowest BCUT2D eigenvalue weighted by atomic mass is 10.0. The molecule has 0 aliphatic carbocycles. The number of hydrogen-bond donors (Lipinski definition) is 2.